The normalized spacial score (nSPS) is 13.6. The van der Waals surface area contributed by atoms with E-state index in [4.69, 9.17) is 0 Å². The second kappa shape index (κ2) is 12.1. The van der Waals surface area contributed by atoms with E-state index in [1.807, 2.05) is 0 Å². The van der Waals surface area contributed by atoms with Crippen LogP contribution in [0.5, 0.6) is 0 Å². The van der Waals surface area contributed by atoms with E-state index < -0.39 is 15.8 Å². The third-order valence-corrected chi connectivity index (χ3v) is 5.96. The van der Waals surface area contributed by atoms with Crippen LogP contribution >= 0.6 is 11.5 Å². The summed E-state index contributed by atoms with van der Waals surface area (Å²) in [5, 5.41) is 8.13. The molecule has 31 heavy (non-hydrogen) atoms. The summed E-state index contributed by atoms with van der Waals surface area (Å²) in [5.41, 5.74) is 0.470. The summed E-state index contributed by atoms with van der Waals surface area (Å²) < 4.78 is 61.5. The van der Waals surface area contributed by atoms with E-state index in [0.717, 1.165) is 50.3 Å². The number of halogens is 3. The number of benzene rings is 1. The third-order valence-electron chi connectivity index (χ3n) is 4.19. The van der Waals surface area contributed by atoms with E-state index in [2.05, 4.69) is 47.1 Å². The smallest absolute Gasteiger partial charge is 0.345 e. The van der Waals surface area contributed by atoms with Gasteiger partial charge in [0.15, 0.2) is 0 Å². The summed E-state index contributed by atoms with van der Waals surface area (Å²) in [5.74, 6) is -3.14. The van der Waals surface area contributed by atoms with Crippen molar-refractivity contribution in [1.82, 2.24) is 9.36 Å². The van der Waals surface area contributed by atoms with Gasteiger partial charge in [0.25, 0.3) is 10.0 Å². The quantitative estimate of drug-likeness (QED) is 0.313. The number of aromatic nitrogens is 2. The molecule has 1 heterocycles. The summed E-state index contributed by atoms with van der Waals surface area (Å²) in [4.78, 5) is 6.11. The highest BCUT2D eigenvalue weighted by Gasteiger charge is 2.26. The maximum atomic E-state index is 13.1. The number of alkyl halides is 2. The van der Waals surface area contributed by atoms with Gasteiger partial charge >= 0.3 is 5.76 Å². The first kappa shape index (κ1) is 25.1. The maximum absolute atomic E-state index is 13.1. The molecular formula is C18H25F3N6O2S2. The van der Waals surface area contributed by atoms with Crippen LogP contribution in [0.2, 0.25) is 0 Å². The minimum Gasteiger partial charge on any atom is -0.371 e. The van der Waals surface area contributed by atoms with Gasteiger partial charge in [0, 0.05) is 30.3 Å². The molecule has 1 unspecified atom stereocenters. The lowest BCUT2D eigenvalue weighted by Gasteiger charge is -2.25. The van der Waals surface area contributed by atoms with Crippen LogP contribution in [0.3, 0.4) is 0 Å². The number of nitrogens with zero attached hydrogens (tertiary/aromatic N) is 6. The lowest BCUT2D eigenvalue weighted by atomic mass is 10.2. The highest BCUT2D eigenvalue weighted by molar-refractivity contribution is 7.89. The van der Waals surface area contributed by atoms with Crippen LogP contribution < -0.4 is 4.90 Å². The summed E-state index contributed by atoms with van der Waals surface area (Å²) >= 11 is 1.00. The van der Waals surface area contributed by atoms with Crippen molar-refractivity contribution in [2.75, 3.05) is 18.0 Å². The van der Waals surface area contributed by atoms with E-state index >= 15 is 0 Å². The molecular weight excluding hydrogens is 453 g/mol. The van der Waals surface area contributed by atoms with Gasteiger partial charge in [-0.3, -0.25) is 0 Å². The summed E-state index contributed by atoms with van der Waals surface area (Å²) in [6, 6.07) is 4.68. The van der Waals surface area contributed by atoms with Crippen molar-refractivity contribution in [2.24, 2.45) is 14.6 Å². The molecule has 172 valence electrons. The SMILES string of the molecule is CCCCN(CCCC)c1ccc(N=Nc2nc(C)ns2)c(N=S(=O)(OF)C(F)F)c1. The highest BCUT2D eigenvalue weighted by atomic mass is 32.2. The molecule has 0 spiro atoms. The standard InChI is InChI=1S/C18H25F3N6O2S2/c1-4-6-10-27(11-7-5-2)14-8-9-15(23-24-18-22-13(3)25-30-18)16(12-14)26-31(28,29-21)17(19)20/h8-9,12,17H,4-7,10-11H2,1-3H3. The number of rotatable bonds is 12. The van der Waals surface area contributed by atoms with Crippen LogP contribution in [0.15, 0.2) is 32.8 Å². The first-order valence-electron chi connectivity index (χ1n) is 9.78. The Labute approximate surface area is 184 Å². The van der Waals surface area contributed by atoms with Gasteiger partial charge in [-0.1, -0.05) is 31.1 Å². The number of azo groups is 1. The Morgan fingerprint density at radius 1 is 1.16 bits per heavy atom. The van der Waals surface area contributed by atoms with Crippen LogP contribution in [-0.4, -0.2) is 32.4 Å². The van der Waals surface area contributed by atoms with Gasteiger partial charge in [-0.25, -0.2) is 9.19 Å². The van der Waals surface area contributed by atoms with Crippen molar-refractivity contribution in [2.45, 2.75) is 52.2 Å². The largest absolute Gasteiger partial charge is 0.371 e. The first-order chi connectivity index (χ1) is 14.8. The summed E-state index contributed by atoms with van der Waals surface area (Å²) in [6.45, 7) is 7.29. The Morgan fingerprint density at radius 3 is 2.35 bits per heavy atom. The molecule has 1 aromatic heterocycles. The number of hydrogen-bond donors (Lipinski definition) is 0. The molecule has 2 aromatic rings. The molecule has 13 heteroatoms. The van der Waals surface area contributed by atoms with Gasteiger partial charge in [-0.2, -0.15) is 17.5 Å². The monoisotopic (exact) mass is 478 g/mol. The fraction of sp³-hybridized carbons (Fsp3) is 0.556. The van der Waals surface area contributed by atoms with E-state index in [9.17, 15) is 17.5 Å². The molecule has 8 nitrogen and oxygen atoms in total. The fourth-order valence-electron chi connectivity index (χ4n) is 2.58. The average molecular weight is 479 g/mol. The zero-order valence-electron chi connectivity index (χ0n) is 17.5. The lowest BCUT2D eigenvalue weighted by molar-refractivity contribution is -0.000950. The van der Waals surface area contributed by atoms with E-state index in [-0.39, 0.29) is 16.5 Å². The predicted molar refractivity (Wildman–Crippen MR) is 116 cm³/mol. The number of aryl methyl sites for hydroxylation is 1. The number of unbranched alkanes of at least 4 members (excludes halogenated alkanes) is 2. The second-order valence-electron chi connectivity index (χ2n) is 6.62. The van der Waals surface area contributed by atoms with Gasteiger partial charge in [0.1, 0.15) is 17.2 Å². The Kier molecular flexibility index (Phi) is 9.78. The van der Waals surface area contributed by atoms with Crippen molar-refractivity contribution in [1.29, 1.82) is 0 Å². The molecule has 1 aromatic carbocycles. The topological polar surface area (TPSA) is 92.4 Å². The molecule has 0 saturated heterocycles. The molecule has 0 aliphatic carbocycles. The zero-order valence-corrected chi connectivity index (χ0v) is 19.1. The van der Waals surface area contributed by atoms with Crippen molar-refractivity contribution in [3.05, 3.63) is 24.0 Å². The van der Waals surface area contributed by atoms with Crippen LogP contribution in [0.4, 0.5) is 35.5 Å². The molecule has 1 atom stereocenters. The van der Waals surface area contributed by atoms with Crippen LogP contribution in [0, 0.1) is 6.92 Å². The van der Waals surface area contributed by atoms with Crippen molar-refractivity contribution in [3.63, 3.8) is 0 Å². The Bertz CT molecular complexity index is 984. The van der Waals surface area contributed by atoms with Crippen molar-refractivity contribution >= 4 is 43.7 Å². The molecule has 0 saturated carbocycles. The molecule has 0 aliphatic rings. The van der Waals surface area contributed by atoms with Crippen LogP contribution in [0.25, 0.3) is 0 Å². The average Bonchev–Trinajstić information content (AvgIpc) is 3.17. The molecule has 0 fully saturated rings. The molecule has 0 bridgehead atoms. The van der Waals surface area contributed by atoms with E-state index in [1.54, 1.807) is 13.0 Å². The molecule has 0 N–H and O–H groups in total. The second-order valence-corrected chi connectivity index (χ2v) is 9.05. The highest BCUT2D eigenvalue weighted by Crippen LogP contribution is 2.36. The Morgan fingerprint density at radius 2 is 1.84 bits per heavy atom. The number of hydrogen-bond acceptors (Lipinski definition) is 9. The molecule has 0 aliphatic heterocycles. The van der Waals surface area contributed by atoms with Gasteiger partial charge < -0.3 is 4.90 Å². The van der Waals surface area contributed by atoms with Crippen molar-refractivity contribution < 1.29 is 21.9 Å². The third kappa shape index (κ3) is 7.21. The van der Waals surface area contributed by atoms with Gasteiger partial charge in [0.2, 0.25) is 5.13 Å². The minimum absolute atomic E-state index is 0.0213. The van der Waals surface area contributed by atoms with Gasteiger partial charge in [-0.05, 0) is 42.5 Å². The fourth-order valence-corrected chi connectivity index (χ4v) is 3.66. The lowest BCUT2D eigenvalue weighted by Crippen LogP contribution is -2.25. The predicted octanol–water partition coefficient (Wildman–Crippen LogP) is 6.81. The molecule has 0 radical (unpaired) electrons. The molecule has 0 amide bonds. The Hall–Kier alpha value is -2.12. The Balaban J connectivity index is 2.53. The van der Waals surface area contributed by atoms with E-state index in [1.165, 1.54) is 12.1 Å². The van der Waals surface area contributed by atoms with E-state index in [0.29, 0.717) is 11.5 Å². The minimum atomic E-state index is -4.89. The van der Waals surface area contributed by atoms with Gasteiger partial charge in [0.05, 0.1) is 0 Å². The molecule has 2 rings (SSSR count). The maximum Gasteiger partial charge on any atom is 0.345 e. The number of anilines is 1. The van der Waals surface area contributed by atoms with Gasteiger partial charge in [-0.15, -0.1) is 10.2 Å². The zero-order chi connectivity index (χ0) is 22.9. The van der Waals surface area contributed by atoms with Crippen LogP contribution in [0.1, 0.15) is 45.4 Å². The summed E-state index contributed by atoms with van der Waals surface area (Å²) in [6.07, 6.45) is 3.80. The summed E-state index contributed by atoms with van der Waals surface area (Å²) in [7, 11) is -4.89. The first-order valence-corrected chi connectivity index (χ1v) is 12.1. The van der Waals surface area contributed by atoms with Crippen molar-refractivity contribution in [3.8, 4) is 0 Å². The van der Waals surface area contributed by atoms with Crippen LogP contribution in [-0.2, 0) is 14.4 Å².